The smallest absolute Gasteiger partial charge is 0.139 e. The third kappa shape index (κ3) is 2.54. The molecule has 1 aromatic carbocycles. The number of nitrogens with zero attached hydrogens (tertiary/aromatic N) is 2. The van der Waals surface area contributed by atoms with E-state index in [4.69, 9.17) is 10.5 Å². The van der Waals surface area contributed by atoms with Crippen LogP contribution >= 0.6 is 0 Å². The highest BCUT2D eigenvalue weighted by Gasteiger charge is 2.14. The minimum Gasteiger partial charge on any atom is -0.484 e. The molecule has 18 heavy (non-hydrogen) atoms. The summed E-state index contributed by atoms with van der Waals surface area (Å²) in [6.45, 7) is 4.56. The Morgan fingerprint density at radius 2 is 2.17 bits per heavy atom. The van der Waals surface area contributed by atoms with E-state index < -0.39 is 0 Å². The lowest BCUT2D eigenvalue weighted by atomic mass is 10.1. The average Bonchev–Trinajstić information content (AvgIpc) is 2.78. The number of aromatic nitrogens is 2. The number of benzene rings is 1. The first-order valence-electron chi connectivity index (χ1n) is 6.03. The summed E-state index contributed by atoms with van der Waals surface area (Å²) in [7, 11) is 1.88. The van der Waals surface area contributed by atoms with Crippen LogP contribution in [0.5, 0.6) is 5.75 Å². The summed E-state index contributed by atoms with van der Waals surface area (Å²) in [4.78, 5) is 0. The molecule has 1 aromatic heterocycles. The summed E-state index contributed by atoms with van der Waals surface area (Å²) in [6, 6.07) is 6.04. The van der Waals surface area contributed by atoms with Crippen LogP contribution in [0.3, 0.4) is 0 Å². The molecule has 0 aliphatic rings. The molecule has 2 aromatic rings. The van der Waals surface area contributed by atoms with Gasteiger partial charge in [0.05, 0.1) is 6.20 Å². The van der Waals surface area contributed by atoms with E-state index in [2.05, 4.69) is 25.0 Å². The SMILES string of the molecule is Cc1cccc(OC(CN)c2cnn(C)c2)c1C. The van der Waals surface area contributed by atoms with Crippen molar-refractivity contribution < 1.29 is 4.74 Å². The van der Waals surface area contributed by atoms with Gasteiger partial charge in [0, 0.05) is 25.4 Å². The predicted octanol–water partition coefficient (Wildman–Crippen LogP) is 2.12. The quantitative estimate of drug-likeness (QED) is 0.897. The second-order valence-electron chi connectivity index (χ2n) is 4.49. The average molecular weight is 245 g/mol. The van der Waals surface area contributed by atoms with Gasteiger partial charge in [-0.1, -0.05) is 12.1 Å². The normalized spacial score (nSPS) is 12.4. The lowest BCUT2D eigenvalue weighted by Gasteiger charge is -2.18. The Hall–Kier alpha value is -1.81. The summed E-state index contributed by atoms with van der Waals surface area (Å²) < 4.78 is 7.75. The first-order valence-corrected chi connectivity index (χ1v) is 6.03. The first kappa shape index (κ1) is 12.6. The highest BCUT2D eigenvalue weighted by molar-refractivity contribution is 5.38. The van der Waals surface area contributed by atoms with E-state index in [0.717, 1.165) is 16.9 Å². The molecule has 0 aliphatic carbocycles. The number of aryl methyl sites for hydroxylation is 2. The van der Waals surface area contributed by atoms with Crippen LogP contribution in [0, 0.1) is 13.8 Å². The van der Waals surface area contributed by atoms with Gasteiger partial charge in [-0.2, -0.15) is 5.10 Å². The molecule has 0 bridgehead atoms. The molecule has 0 amide bonds. The second kappa shape index (κ2) is 5.23. The molecule has 0 aliphatic heterocycles. The van der Waals surface area contributed by atoms with E-state index >= 15 is 0 Å². The van der Waals surface area contributed by atoms with Gasteiger partial charge in [-0.3, -0.25) is 4.68 Å². The maximum absolute atomic E-state index is 6.00. The van der Waals surface area contributed by atoms with Gasteiger partial charge in [0.25, 0.3) is 0 Å². The number of hydrogen-bond donors (Lipinski definition) is 1. The van der Waals surface area contributed by atoms with Gasteiger partial charge in [0.2, 0.25) is 0 Å². The van der Waals surface area contributed by atoms with Gasteiger partial charge in [-0.25, -0.2) is 0 Å². The molecule has 0 saturated carbocycles. The molecular weight excluding hydrogens is 226 g/mol. The molecule has 0 radical (unpaired) electrons. The van der Waals surface area contributed by atoms with Crippen LogP contribution in [0.25, 0.3) is 0 Å². The summed E-state index contributed by atoms with van der Waals surface area (Å²) in [5.41, 5.74) is 9.16. The van der Waals surface area contributed by atoms with E-state index in [9.17, 15) is 0 Å². The third-order valence-electron chi connectivity index (χ3n) is 3.13. The Bertz CT molecular complexity index is 534. The van der Waals surface area contributed by atoms with Crippen molar-refractivity contribution in [2.24, 2.45) is 12.8 Å². The molecule has 4 heteroatoms. The Morgan fingerprint density at radius 1 is 1.39 bits per heavy atom. The number of hydrogen-bond acceptors (Lipinski definition) is 3. The highest BCUT2D eigenvalue weighted by Crippen LogP contribution is 2.26. The Morgan fingerprint density at radius 3 is 2.78 bits per heavy atom. The molecule has 0 fully saturated rings. The zero-order valence-corrected chi connectivity index (χ0v) is 11.1. The van der Waals surface area contributed by atoms with Crippen LogP contribution < -0.4 is 10.5 Å². The van der Waals surface area contributed by atoms with Crippen molar-refractivity contribution in [3.05, 3.63) is 47.3 Å². The fourth-order valence-electron chi connectivity index (χ4n) is 1.86. The highest BCUT2D eigenvalue weighted by atomic mass is 16.5. The summed E-state index contributed by atoms with van der Waals surface area (Å²) in [5, 5.41) is 4.15. The molecule has 1 atom stereocenters. The zero-order chi connectivity index (χ0) is 13.1. The second-order valence-corrected chi connectivity index (χ2v) is 4.49. The molecule has 1 unspecified atom stereocenters. The Labute approximate surface area is 107 Å². The monoisotopic (exact) mass is 245 g/mol. The van der Waals surface area contributed by atoms with Crippen molar-refractivity contribution in [3.8, 4) is 5.75 Å². The van der Waals surface area contributed by atoms with Gasteiger partial charge in [0.15, 0.2) is 0 Å². The predicted molar refractivity (Wildman–Crippen MR) is 71.5 cm³/mol. The topological polar surface area (TPSA) is 53.1 Å². The minimum atomic E-state index is -0.154. The number of ether oxygens (including phenoxy) is 1. The van der Waals surface area contributed by atoms with Crippen LogP contribution in [-0.2, 0) is 7.05 Å². The van der Waals surface area contributed by atoms with Gasteiger partial charge in [-0.05, 0) is 31.0 Å². The van der Waals surface area contributed by atoms with Crippen molar-refractivity contribution >= 4 is 0 Å². The van der Waals surface area contributed by atoms with Crippen molar-refractivity contribution in [3.63, 3.8) is 0 Å². The Balaban J connectivity index is 2.23. The first-order chi connectivity index (χ1) is 8.61. The lowest BCUT2D eigenvalue weighted by Crippen LogP contribution is -2.18. The van der Waals surface area contributed by atoms with E-state index in [-0.39, 0.29) is 6.10 Å². The van der Waals surface area contributed by atoms with Crippen molar-refractivity contribution in [1.82, 2.24) is 9.78 Å². The fourth-order valence-corrected chi connectivity index (χ4v) is 1.86. The van der Waals surface area contributed by atoms with Crippen LogP contribution in [-0.4, -0.2) is 16.3 Å². The molecule has 2 N–H and O–H groups in total. The van der Waals surface area contributed by atoms with Crippen molar-refractivity contribution in [2.45, 2.75) is 20.0 Å². The minimum absolute atomic E-state index is 0.154. The standard InChI is InChI=1S/C14H19N3O/c1-10-5-4-6-13(11(10)2)18-14(7-15)12-8-16-17(3)9-12/h4-6,8-9,14H,7,15H2,1-3H3. The molecular formula is C14H19N3O. The van der Waals surface area contributed by atoms with Crippen LogP contribution in [0.2, 0.25) is 0 Å². The van der Waals surface area contributed by atoms with E-state index in [1.807, 2.05) is 25.4 Å². The largest absolute Gasteiger partial charge is 0.484 e. The van der Waals surface area contributed by atoms with Crippen LogP contribution in [0.15, 0.2) is 30.6 Å². The summed E-state index contributed by atoms with van der Waals surface area (Å²) in [6.07, 6.45) is 3.57. The number of nitrogens with two attached hydrogens (primary N) is 1. The van der Waals surface area contributed by atoms with Crippen molar-refractivity contribution in [2.75, 3.05) is 6.54 Å². The van der Waals surface area contributed by atoms with Crippen LogP contribution in [0.1, 0.15) is 22.8 Å². The lowest BCUT2D eigenvalue weighted by molar-refractivity contribution is 0.212. The maximum Gasteiger partial charge on any atom is 0.139 e. The van der Waals surface area contributed by atoms with E-state index in [1.165, 1.54) is 5.56 Å². The summed E-state index contributed by atoms with van der Waals surface area (Å²) >= 11 is 0. The molecule has 2 rings (SSSR count). The third-order valence-corrected chi connectivity index (χ3v) is 3.13. The Kier molecular flexibility index (Phi) is 3.67. The fraction of sp³-hybridized carbons (Fsp3) is 0.357. The molecule has 0 spiro atoms. The van der Waals surface area contributed by atoms with Crippen LogP contribution in [0.4, 0.5) is 0 Å². The summed E-state index contributed by atoms with van der Waals surface area (Å²) in [5.74, 6) is 0.884. The maximum atomic E-state index is 6.00. The zero-order valence-electron chi connectivity index (χ0n) is 11.1. The van der Waals surface area contributed by atoms with E-state index in [0.29, 0.717) is 6.54 Å². The van der Waals surface area contributed by atoms with Gasteiger partial charge >= 0.3 is 0 Å². The van der Waals surface area contributed by atoms with E-state index in [1.54, 1.807) is 10.9 Å². The van der Waals surface area contributed by atoms with Gasteiger partial charge in [0.1, 0.15) is 11.9 Å². The van der Waals surface area contributed by atoms with Gasteiger partial charge < -0.3 is 10.5 Å². The molecule has 4 nitrogen and oxygen atoms in total. The van der Waals surface area contributed by atoms with Crippen molar-refractivity contribution in [1.29, 1.82) is 0 Å². The van der Waals surface area contributed by atoms with Gasteiger partial charge in [-0.15, -0.1) is 0 Å². The molecule has 0 saturated heterocycles. The molecule has 1 heterocycles. The number of rotatable bonds is 4. The molecule has 96 valence electrons.